The number of hydrogen-bond donors (Lipinski definition) is 2. The Morgan fingerprint density at radius 2 is 1.38 bits per heavy atom. The van der Waals surface area contributed by atoms with Gasteiger partial charge in [0, 0.05) is 5.41 Å². The van der Waals surface area contributed by atoms with Gasteiger partial charge in [0.2, 0.25) is 0 Å². The summed E-state index contributed by atoms with van der Waals surface area (Å²) in [6.45, 7) is 8.53. The van der Waals surface area contributed by atoms with Crippen molar-refractivity contribution in [3.05, 3.63) is 59.7 Å². The first-order valence-electron chi connectivity index (χ1n) is 7.94. The van der Waals surface area contributed by atoms with Gasteiger partial charge < -0.3 is 14.9 Å². The topological polar surface area (TPSA) is 49.7 Å². The van der Waals surface area contributed by atoms with E-state index < -0.39 is 5.41 Å². The van der Waals surface area contributed by atoms with Gasteiger partial charge in [-0.2, -0.15) is 0 Å². The lowest BCUT2D eigenvalue weighted by molar-refractivity contribution is 0.228. The van der Waals surface area contributed by atoms with Gasteiger partial charge in [-0.15, -0.1) is 0 Å². The standard InChI is InChI=1S/C21H24O3/c1-20(2,13-14-22)15-24-19-11-7-17(8-12-19)21(3,4)16-5-9-18(23)10-6-16/h5-12,22-23H,15H2,1-4H3. The van der Waals surface area contributed by atoms with Gasteiger partial charge in [0.1, 0.15) is 24.2 Å². The number of aliphatic hydroxyl groups excluding tert-OH is 1. The van der Waals surface area contributed by atoms with Crippen LogP contribution in [0.3, 0.4) is 0 Å². The van der Waals surface area contributed by atoms with Crippen LogP contribution in [0.4, 0.5) is 0 Å². The SMILES string of the molecule is CC(C)(C#CO)COc1ccc(C(C)(C)c2ccc(O)cc2)cc1. The van der Waals surface area contributed by atoms with Crippen molar-refractivity contribution in [3.63, 3.8) is 0 Å². The second kappa shape index (κ2) is 6.88. The molecule has 0 aliphatic rings. The van der Waals surface area contributed by atoms with Gasteiger partial charge in [-0.25, -0.2) is 0 Å². The molecule has 0 saturated carbocycles. The molecule has 2 N–H and O–H groups in total. The fraction of sp³-hybridized carbons (Fsp3) is 0.333. The molecule has 24 heavy (non-hydrogen) atoms. The summed E-state index contributed by atoms with van der Waals surface area (Å²) in [5.74, 6) is 3.76. The molecule has 0 fully saturated rings. The van der Waals surface area contributed by atoms with Crippen LogP contribution in [0, 0.1) is 17.4 Å². The summed E-state index contributed by atoms with van der Waals surface area (Å²) in [4.78, 5) is 0. The maximum atomic E-state index is 9.45. The Morgan fingerprint density at radius 3 is 1.88 bits per heavy atom. The Labute approximate surface area is 143 Å². The number of phenolic OH excluding ortho intramolecular Hbond substituents is 1. The molecule has 0 atom stereocenters. The first-order chi connectivity index (χ1) is 11.2. The van der Waals surface area contributed by atoms with Crippen molar-refractivity contribution in [2.45, 2.75) is 33.1 Å². The minimum Gasteiger partial charge on any atom is -0.508 e. The van der Waals surface area contributed by atoms with Gasteiger partial charge >= 0.3 is 0 Å². The fourth-order valence-corrected chi connectivity index (χ4v) is 2.46. The molecular formula is C21H24O3. The van der Waals surface area contributed by atoms with Gasteiger partial charge in [0.25, 0.3) is 0 Å². The van der Waals surface area contributed by atoms with Crippen LogP contribution in [0.15, 0.2) is 48.5 Å². The number of hydrogen-bond acceptors (Lipinski definition) is 3. The Bertz CT molecular complexity index is 729. The zero-order valence-electron chi connectivity index (χ0n) is 14.6. The van der Waals surface area contributed by atoms with Crippen LogP contribution in [0.25, 0.3) is 0 Å². The predicted molar refractivity (Wildman–Crippen MR) is 95.7 cm³/mol. The third-order valence-corrected chi connectivity index (χ3v) is 4.16. The van der Waals surface area contributed by atoms with Crippen molar-refractivity contribution in [3.8, 4) is 23.5 Å². The summed E-state index contributed by atoms with van der Waals surface area (Å²) in [6, 6.07) is 15.3. The van der Waals surface area contributed by atoms with E-state index in [1.807, 2.05) is 56.4 Å². The predicted octanol–water partition coefficient (Wildman–Crippen LogP) is 4.46. The molecule has 3 nitrogen and oxygen atoms in total. The second-order valence-electron chi connectivity index (χ2n) is 7.11. The monoisotopic (exact) mass is 324 g/mol. The first-order valence-corrected chi connectivity index (χ1v) is 7.94. The van der Waals surface area contributed by atoms with Gasteiger partial charge in [-0.05, 0) is 49.2 Å². The van der Waals surface area contributed by atoms with Crippen molar-refractivity contribution < 1.29 is 14.9 Å². The lowest BCUT2D eigenvalue weighted by atomic mass is 9.78. The summed E-state index contributed by atoms with van der Waals surface area (Å²) in [5.41, 5.74) is 1.72. The zero-order valence-corrected chi connectivity index (χ0v) is 14.6. The third kappa shape index (κ3) is 4.23. The van der Waals surface area contributed by atoms with Crippen molar-refractivity contribution in [1.82, 2.24) is 0 Å². The summed E-state index contributed by atoms with van der Waals surface area (Å²) < 4.78 is 5.77. The molecule has 0 bridgehead atoms. The maximum Gasteiger partial charge on any atom is 0.119 e. The molecule has 126 valence electrons. The van der Waals surface area contributed by atoms with Crippen molar-refractivity contribution >= 4 is 0 Å². The zero-order chi connectivity index (χ0) is 17.8. The van der Waals surface area contributed by atoms with Crippen LogP contribution in [0.5, 0.6) is 11.5 Å². The normalized spacial score (nSPS) is 11.5. The summed E-state index contributed by atoms with van der Waals surface area (Å²) in [6.07, 6.45) is 1.95. The quantitative estimate of drug-likeness (QED) is 0.799. The molecule has 2 aromatic carbocycles. The Hall–Kier alpha value is -2.60. The minimum atomic E-state index is -0.404. The molecule has 0 aromatic heterocycles. The third-order valence-electron chi connectivity index (χ3n) is 4.16. The van der Waals surface area contributed by atoms with E-state index in [-0.39, 0.29) is 11.2 Å². The lowest BCUT2D eigenvalue weighted by Gasteiger charge is -2.26. The number of rotatable bonds is 5. The molecule has 0 aliphatic carbocycles. The Kier molecular flexibility index (Phi) is 5.09. The summed E-state index contributed by atoms with van der Waals surface area (Å²) >= 11 is 0. The van der Waals surface area contributed by atoms with Crippen LogP contribution < -0.4 is 4.74 Å². The molecule has 2 rings (SSSR count). The van der Waals surface area contributed by atoms with Crippen LogP contribution in [0.1, 0.15) is 38.8 Å². The molecule has 0 unspecified atom stereocenters. The molecule has 3 heteroatoms. The lowest BCUT2D eigenvalue weighted by Crippen LogP contribution is -2.20. The summed E-state index contributed by atoms with van der Waals surface area (Å²) in [5, 5.41) is 18.2. The smallest absolute Gasteiger partial charge is 0.119 e. The largest absolute Gasteiger partial charge is 0.508 e. The number of aliphatic hydroxyl groups is 1. The number of benzene rings is 2. The molecular weight excluding hydrogens is 300 g/mol. The highest BCUT2D eigenvalue weighted by Gasteiger charge is 2.23. The summed E-state index contributed by atoms with van der Waals surface area (Å²) in [7, 11) is 0. The van der Waals surface area contributed by atoms with Gasteiger partial charge in [0.05, 0.1) is 5.41 Å². The minimum absolute atomic E-state index is 0.173. The fourth-order valence-electron chi connectivity index (χ4n) is 2.46. The molecule has 0 radical (unpaired) electrons. The van der Waals surface area contributed by atoms with E-state index in [2.05, 4.69) is 19.8 Å². The van der Waals surface area contributed by atoms with Crippen LogP contribution in [0.2, 0.25) is 0 Å². The van der Waals surface area contributed by atoms with E-state index in [9.17, 15) is 5.11 Å². The van der Waals surface area contributed by atoms with Crippen LogP contribution in [-0.4, -0.2) is 16.8 Å². The van der Waals surface area contributed by atoms with Gasteiger partial charge in [-0.3, -0.25) is 0 Å². The van der Waals surface area contributed by atoms with Gasteiger partial charge in [0.15, 0.2) is 0 Å². The molecule has 0 heterocycles. The van der Waals surface area contributed by atoms with Crippen LogP contribution in [-0.2, 0) is 5.41 Å². The van der Waals surface area contributed by atoms with E-state index in [1.54, 1.807) is 12.1 Å². The second-order valence-corrected chi connectivity index (χ2v) is 7.11. The van der Waals surface area contributed by atoms with E-state index in [1.165, 1.54) is 0 Å². The van der Waals surface area contributed by atoms with E-state index in [0.717, 1.165) is 16.9 Å². The highest BCUT2D eigenvalue weighted by molar-refractivity contribution is 5.41. The maximum absolute atomic E-state index is 9.45. The highest BCUT2D eigenvalue weighted by Crippen LogP contribution is 2.33. The molecule has 0 amide bonds. The number of ether oxygens (including phenoxy) is 1. The Morgan fingerprint density at radius 1 is 0.875 bits per heavy atom. The molecule has 0 aliphatic heterocycles. The molecule has 0 saturated heterocycles. The molecule has 2 aromatic rings. The van der Waals surface area contributed by atoms with E-state index >= 15 is 0 Å². The Balaban J connectivity index is 2.13. The first kappa shape index (κ1) is 17.7. The number of phenols is 1. The average molecular weight is 324 g/mol. The highest BCUT2D eigenvalue weighted by atomic mass is 16.5. The molecule has 0 spiro atoms. The van der Waals surface area contributed by atoms with Crippen molar-refractivity contribution in [2.24, 2.45) is 5.41 Å². The average Bonchev–Trinajstić information content (AvgIpc) is 2.54. The number of aromatic hydroxyl groups is 1. The van der Waals surface area contributed by atoms with E-state index in [0.29, 0.717) is 6.61 Å². The van der Waals surface area contributed by atoms with Gasteiger partial charge in [-0.1, -0.05) is 44.0 Å². The van der Waals surface area contributed by atoms with Crippen LogP contribution >= 0.6 is 0 Å². The van der Waals surface area contributed by atoms with Crippen molar-refractivity contribution in [1.29, 1.82) is 0 Å². The van der Waals surface area contributed by atoms with E-state index in [4.69, 9.17) is 9.84 Å². The van der Waals surface area contributed by atoms with Crippen molar-refractivity contribution in [2.75, 3.05) is 6.61 Å².